The van der Waals surface area contributed by atoms with Crippen LogP contribution in [0.5, 0.6) is 0 Å². The molecule has 1 atom stereocenters. The molecule has 0 saturated carbocycles. The van der Waals surface area contributed by atoms with Crippen LogP contribution in [0, 0.1) is 5.92 Å². The molecule has 4 rings (SSSR count). The average Bonchev–Trinajstić information content (AvgIpc) is 3.07. The lowest BCUT2D eigenvalue weighted by Gasteiger charge is -2.20. The van der Waals surface area contributed by atoms with E-state index in [4.69, 9.17) is 0 Å². The summed E-state index contributed by atoms with van der Waals surface area (Å²) >= 11 is 0. The number of anilines is 2. The summed E-state index contributed by atoms with van der Waals surface area (Å²) in [5, 5.41) is 5.59. The van der Waals surface area contributed by atoms with Crippen molar-refractivity contribution in [3.05, 3.63) is 54.1 Å². The summed E-state index contributed by atoms with van der Waals surface area (Å²) in [5.74, 6) is -0.988. The molecule has 2 saturated heterocycles. The lowest BCUT2D eigenvalue weighted by Crippen LogP contribution is -2.33. The Morgan fingerprint density at radius 3 is 2.00 bits per heavy atom. The van der Waals surface area contributed by atoms with Crippen LogP contribution in [0.2, 0.25) is 0 Å². The molecule has 0 bridgehead atoms. The van der Waals surface area contributed by atoms with Gasteiger partial charge in [-0.3, -0.25) is 14.4 Å². The maximum Gasteiger partial charge on any atom is 0.255 e. The molecule has 37 heavy (non-hydrogen) atoms. The van der Waals surface area contributed by atoms with Gasteiger partial charge in [-0.25, -0.2) is 8.42 Å². The minimum atomic E-state index is -3.55. The molecule has 0 aliphatic carbocycles. The molecule has 2 N–H and O–H groups in total. The van der Waals surface area contributed by atoms with Crippen molar-refractivity contribution in [3.8, 4) is 0 Å². The third kappa shape index (κ3) is 6.37. The Balaban J connectivity index is 1.33. The Bertz CT molecular complexity index is 1230. The van der Waals surface area contributed by atoms with Crippen LogP contribution in [0.3, 0.4) is 0 Å². The van der Waals surface area contributed by atoms with Gasteiger partial charge in [0, 0.05) is 49.0 Å². The lowest BCUT2D eigenvalue weighted by atomic mass is 10.1. The molecular weight excluding hydrogens is 492 g/mol. The zero-order valence-corrected chi connectivity index (χ0v) is 22.1. The minimum Gasteiger partial charge on any atom is -0.339 e. The molecule has 2 aliphatic rings. The van der Waals surface area contributed by atoms with Gasteiger partial charge in [0.1, 0.15) is 0 Å². The van der Waals surface area contributed by atoms with Crippen LogP contribution in [-0.4, -0.2) is 61.0 Å². The first kappa shape index (κ1) is 26.8. The highest BCUT2D eigenvalue weighted by Crippen LogP contribution is 2.24. The van der Waals surface area contributed by atoms with Crippen molar-refractivity contribution in [3.63, 3.8) is 0 Å². The quantitative estimate of drug-likeness (QED) is 0.571. The zero-order valence-electron chi connectivity index (χ0n) is 21.3. The number of likely N-dealkylation sites (tertiary alicyclic amines) is 1. The normalized spacial score (nSPS) is 19.1. The number of carbonyl (C=O) groups is 3. The van der Waals surface area contributed by atoms with Gasteiger partial charge >= 0.3 is 0 Å². The summed E-state index contributed by atoms with van der Waals surface area (Å²) in [6.45, 7) is 5.32. The molecule has 0 spiro atoms. The summed E-state index contributed by atoms with van der Waals surface area (Å²) in [4.78, 5) is 39.3. The highest BCUT2D eigenvalue weighted by molar-refractivity contribution is 7.89. The van der Waals surface area contributed by atoms with Gasteiger partial charge in [-0.15, -0.1) is 0 Å². The predicted octanol–water partition coefficient (Wildman–Crippen LogP) is 3.70. The number of hydrogen-bond donors (Lipinski definition) is 2. The van der Waals surface area contributed by atoms with Gasteiger partial charge < -0.3 is 15.5 Å². The van der Waals surface area contributed by atoms with Gasteiger partial charge in [-0.05, 0) is 75.2 Å². The first-order chi connectivity index (χ1) is 17.6. The van der Waals surface area contributed by atoms with Crippen molar-refractivity contribution in [2.75, 3.05) is 30.3 Å². The molecule has 2 aliphatic heterocycles. The monoisotopic (exact) mass is 526 g/mol. The van der Waals surface area contributed by atoms with Crippen molar-refractivity contribution in [2.24, 2.45) is 5.92 Å². The first-order valence-electron chi connectivity index (χ1n) is 12.8. The standard InChI is InChI=1S/C27H34N4O5S/c1-19(2)31-18-21(17-25(31)32)27(34)29-22-9-7-20(8-10-22)26(33)28-23-11-13-24(14-12-23)37(35,36)30-15-5-3-4-6-16-30/h7-14,19,21H,3-6,15-18H2,1-2H3,(H,28,33)(H,29,34). The van der Waals surface area contributed by atoms with Crippen LogP contribution < -0.4 is 10.6 Å². The fourth-order valence-electron chi connectivity index (χ4n) is 4.70. The summed E-state index contributed by atoms with van der Waals surface area (Å²) in [5.41, 5.74) is 1.42. The minimum absolute atomic E-state index is 0.0188. The summed E-state index contributed by atoms with van der Waals surface area (Å²) < 4.78 is 27.4. The molecular formula is C27H34N4O5S. The van der Waals surface area contributed by atoms with Crippen molar-refractivity contribution in [1.29, 1.82) is 0 Å². The van der Waals surface area contributed by atoms with Gasteiger partial charge in [-0.1, -0.05) is 12.8 Å². The Hall–Kier alpha value is -3.24. The third-order valence-corrected chi connectivity index (χ3v) is 8.80. The number of carbonyl (C=O) groups excluding carboxylic acids is 3. The van der Waals surface area contributed by atoms with Gasteiger partial charge in [0.05, 0.1) is 10.8 Å². The largest absolute Gasteiger partial charge is 0.339 e. The van der Waals surface area contributed by atoms with Crippen molar-refractivity contribution < 1.29 is 22.8 Å². The zero-order chi connectivity index (χ0) is 26.6. The maximum atomic E-state index is 12.9. The Morgan fingerprint density at radius 2 is 1.43 bits per heavy atom. The van der Waals surface area contributed by atoms with Gasteiger partial charge in [-0.2, -0.15) is 4.31 Å². The Morgan fingerprint density at radius 1 is 0.865 bits per heavy atom. The smallest absolute Gasteiger partial charge is 0.255 e. The predicted molar refractivity (Wildman–Crippen MR) is 142 cm³/mol. The molecule has 0 aromatic heterocycles. The second-order valence-electron chi connectivity index (χ2n) is 9.90. The molecule has 2 aromatic carbocycles. The molecule has 1 unspecified atom stereocenters. The molecule has 0 radical (unpaired) electrons. The summed E-state index contributed by atoms with van der Waals surface area (Å²) in [6, 6.07) is 12.7. The van der Waals surface area contributed by atoms with Gasteiger partial charge in [0.15, 0.2) is 0 Å². The van der Waals surface area contributed by atoms with E-state index in [1.807, 2.05) is 13.8 Å². The lowest BCUT2D eigenvalue weighted by molar-refractivity contribution is -0.129. The second-order valence-corrected chi connectivity index (χ2v) is 11.8. The average molecular weight is 527 g/mol. The van der Waals surface area contributed by atoms with Crippen molar-refractivity contribution in [2.45, 2.75) is 56.9 Å². The second kappa shape index (κ2) is 11.4. The number of hydrogen-bond acceptors (Lipinski definition) is 5. The molecule has 2 fully saturated rings. The van der Waals surface area contributed by atoms with Gasteiger partial charge in [0.2, 0.25) is 21.8 Å². The van der Waals surface area contributed by atoms with E-state index in [0.717, 1.165) is 25.7 Å². The molecule has 198 valence electrons. The van der Waals surface area contributed by atoms with Crippen LogP contribution in [-0.2, 0) is 19.6 Å². The van der Waals surface area contributed by atoms with E-state index in [1.54, 1.807) is 45.6 Å². The van der Waals surface area contributed by atoms with E-state index < -0.39 is 15.9 Å². The third-order valence-electron chi connectivity index (χ3n) is 6.88. The highest BCUT2D eigenvalue weighted by Gasteiger charge is 2.35. The van der Waals surface area contributed by atoms with E-state index in [1.165, 1.54) is 12.1 Å². The summed E-state index contributed by atoms with van der Waals surface area (Å²) in [6.07, 6.45) is 4.02. The Labute approximate surface area is 218 Å². The van der Waals surface area contributed by atoms with Crippen LogP contribution in [0.25, 0.3) is 0 Å². The first-order valence-corrected chi connectivity index (χ1v) is 14.2. The number of nitrogens with one attached hydrogen (secondary N) is 2. The maximum absolute atomic E-state index is 12.9. The number of sulfonamides is 1. The fraction of sp³-hybridized carbons (Fsp3) is 0.444. The molecule has 2 aromatic rings. The molecule has 3 amide bonds. The van der Waals surface area contributed by atoms with E-state index in [0.29, 0.717) is 36.6 Å². The summed E-state index contributed by atoms with van der Waals surface area (Å²) in [7, 11) is -3.55. The molecule has 10 heteroatoms. The highest BCUT2D eigenvalue weighted by atomic mass is 32.2. The topological polar surface area (TPSA) is 116 Å². The molecule has 2 heterocycles. The Kier molecular flexibility index (Phi) is 8.29. The molecule has 9 nitrogen and oxygen atoms in total. The SMILES string of the molecule is CC(C)N1CC(C(=O)Nc2ccc(C(=O)Nc3ccc(S(=O)(=O)N4CCCCCC4)cc3)cc2)CC1=O. The fourth-order valence-corrected chi connectivity index (χ4v) is 6.22. The van der Waals surface area contributed by atoms with E-state index in [9.17, 15) is 22.8 Å². The van der Waals surface area contributed by atoms with Crippen LogP contribution in [0.4, 0.5) is 11.4 Å². The van der Waals surface area contributed by atoms with Crippen LogP contribution in [0.15, 0.2) is 53.4 Å². The van der Waals surface area contributed by atoms with Crippen molar-refractivity contribution in [1.82, 2.24) is 9.21 Å². The van der Waals surface area contributed by atoms with Gasteiger partial charge in [0.25, 0.3) is 5.91 Å². The van der Waals surface area contributed by atoms with E-state index in [-0.39, 0.29) is 35.1 Å². The number of amides is 3. The number of rotatable bonds is 7. The van der Waals surface area contributed by atoms with Crippen LogP contribution in [0.1, 0.15) is 56.3 Å². The van der Waals surface area contributed by atoms with Crippen molar-refractivity contribution >= 4 is 39.1 Å². The van der Waals surface area contributed by atoms with E-state index >= 15 is 0 Å². The number of nitrogens with zero attached hydrogens (tertiary/aromatic N) is 2. The van der Waals surface area contributed by atoms with Crippen LogP contribution >= 0.6 is 0 Å². The van der Waals surface area contributed by atoms with E-state index in [2.05, 4.69) is 10.6 Å². The number of benzene rings is 2.